The van der Waals surface area contributed by atoms with Gasteiger partial charge in [0.2, 0.25) is 5.91 Å². The number of amides is 1. The molecular formula is C11H13NO. The molecule has 2 aliphatic rings. The van der Waals surface area contributed by atoms with Crippen LogP contribution in [0.2, 0.25) is 0 Å². The van der Waals surface area contributed by atoms with Crippen molar-refractivity contribution in [2.45, 2.75) is 19.4 Å². The third-order valence-corrected chi connectivity index (χ3v) is 2.58. The van der Waals surface area contributed by atoms with Crippen molar-refractivity contribution in [3.05, 3.63) is 36.0 Å². The van der Waals surface area contributed by atoms with Crippen molar-refractivity contribution in [3.8, 4) is 0 Å². The molecule has 0 unspecified atom stereocenters. The van der Waals surface area contributed by atoms with Gasteiger partial charge in [-0.1, -0.05) is 36.0 Å². The second kappa shape index (κ2) is 3.21. The van der Waals surface area contributed by atoms with Gasteiger partial charge in [-0.05, 0) is 13.3 Å². The van der Waals surface area contributed by atoms with Gasteiger partial charge in [0.25, 0.3) is 0 Å². The Morgan fingerprint density at radius 2 is 2.31 bits per heavy atom. The molecule has 0 aromatic heterocycles. The normalized spacial score (nSPS) is 40.7. The number of hydrogen-bond donors (Lipinski definition) is 1. The predicted molar refractivity (Wildman–Crippen MR) is 52.1 cm³/mol. The lowest BCUT2D eigenvalue weighted by Gasteiger charge is -2.35. The van der Waals surface area contributed by atoms with E-state index >= 15 is 0 Å². The summed E-state index contributed by atoms with van der Waals surface area (Å²) < 4.78 is 0. The molecule has 0 saturated carbocycles. The fourth-order valence-electron chi connectivity index (χ4n) is 1.78. The lowest BCUT2D eigenvalue weighted by Crippen LogP contribution is -2.57. The Bertz CT molecular complexity index is 312. The third-order valence-electron chi connectivity index (χ3n) is 2.58. The van der Waals surface area contributed by atoms with E-state index < -0.39 is 0 Å². The zero-order valence-corrected chi connectivity index (χ0v) is 7.66. The summed E-state index contributed by atoms with van der Waals surface area (Å²) in [6.45, 7) is 2.03. The third kappa shape index (κ3) is 1.44. The number of nitrogens with one attached hydrogen (secondary N) is 1. The van der Waals surface area contributed by atoms with E-state index in [9.17, 15) is 4.79 Å². The molecule has 0 aromatic carbocycles. The van der Waals surface area contributed by atoms with Crippen molar-refractivity contribution in [3.63, 3.8) is 0 Å². The van der Waals surface area contributed by atoms with Crippen molar-refractivity contribution < 1.29 is 4.79 Å². The van der Waals surface area contributed by atoms with E-state index in [0.29, 0.717) is 0 Å². The van der Waals surface area contributed by atoms with Crippen LogP contribution in [-0.4, -0.2) is 11.9 Å². The molecule has 68 valence electrons. The lowest BCUT2D eigenvalue weighted by atomic mass is 9.84. The molecule has 1 aliphatic carbocycles. The second-order valence-corrected chi connectivity index (χ2v) is 3.51. The molecule has 1 aliphatic heterocycles. The van der Waals surface area contributed by atoms with Gasteiger partial charge in [0.15, 0.2) is 0 Å². The van der Waals surface area contributed by atoms with Crippen LogP contribution in [0.15, 0.2) is 36.0 Å². The minimum absolute atomic E-state index is 0.0798. The number of fused-ring (bicyclic) bond motifs is 1. The van der Waals surface area contributed by atoms with Gasteiger partial charge in [-0.3, -0.25) is 4.79 Å². The van der Waals surface area contributed by atoms with Crippen LogP contribution in [0.25, 0.3) is 0 Å². The predicted octanol–water partition coefficient (Wildman–Crippen LogP) is 1.56. The van der Waals surface area contributed by atoms with Crippen LogP contribution in [0.4, 0.5) is 0 Å². The summed E-state index contributed by atoms with van der Waals surface area (Å²) in [4.78, 5) is 11.2. The van der Waals surface area contributed by atoms with Crippen molar-refractivity contribution in [2.24, 2.45) is 5.92 Å². The highest BCUT2D eigenvalue weighted by Crippen LogP contribution is 2.25. The SMILES string of the molecule is C/C1=C/C/C=C\C=C/[C@@H]2NC(=O)[C@@H]12. The van der Waals surface area contributed by atoms with Crippen molar-refractivity contribution in [1.29, 1.82) is 0 Å². The zero-order chi connectivity index (χ0) is 9.26. The first-order valence-corrected chi connectivity index (χ1v) is 4.59. The molecule has 1 N–H and O–H groups in total. The van der Waals surface area contributed by atoms with Gasteiger partial charge in [0.1, 0.15) is 0 Å². The van der Waals surface area contributed by atoms with Crippen molar-refractivity contribution in [1.82, 2.24) is 5.32 Å². The second-order valence-electron chi connectivity index (χ2n) is 3.51. The van der Waals surface area contributed by atoms with E-state index in [1.54, 1.807) is 0 Å². The highest BCUT2D eigenvalue weighted by molar-refractivity contribution is 5.89. The highest BCUT2D eigenvalue weighted by atomic mass is 16.2. The van der Waals surface area contributed by atoms with Crippen LogP contribution in [0, 0.1) is 5.92 Å². The molecule has 1 amide bonds. The summed E-state index contributed by atoms with van der Waals surface area (Å²) in [6.07, 6.45) is 11.2. The first-order chi connectivity index (χ1) is 6.29. The Labute approximate surface area is 78.0 Å². The first kappa shape index (κ1) is 8.30. The summed E-state index contributed by atoms with van der Waals surface area (Å²) in [5, 5.41) is 2.87. The Morgan fingerprint density at radius 1 is 1.46 bits per heavy atom. The molecule has 0 spiro atoms. The molecule has 0 bridgehead atoms. The van der Waals surface area contributed by atoms with Gasteiger partial charge in [0, 0.05) is 0 Å². The highest BCUT2D eigenvalue weighted by Gasteiger charge is 2.38. The minimum atomic E-state index is 0.0798. The monoisotopic (exact) mass is 175 g/mol. The largest absolute Gasteiger partial charge is 0.348 e. The fourth-order valence-corrected chi connectivity index (χ4v) is 1.78. The van der Waals surface area contributed by atoms with E-state index in [1.807, 2.05) is 25.2 Å². The van der Waals surface area contributed by atoms with Crippen LogP contribution in [0.3, 0.4) is 0 Å². The molecule has 1 heterocycles. The molecular weight excluding hydrogens is 162 g/mol. The van der Waals surface area contributed by atoms with E-state index in [4.69, 9.17) is 0 Å². The van der Waals surface area contributed by atoms with Gasteiger partial charge in [-0.25, -0.2) is 0 Å². The van der Waals surface area contributed by atoms with Gasteiger partial charge >= 0.3 is 0 Å². The average Bonchev–Trinajstić information content (AvgIpc) is 2.13. The average molecular weight is 175 g/mol. The summed E-state index contributed by atoms with van der Waals surface area (Å²) >= 11 is 0. The molecule has 1 fully saturated rings. The first-order valence-electron chi connectivity index (χ1n) is 4.59. The van der Waals surface area contributed by atoms with Crippen LogP contribution in [-0.2, 0) is 4.79 Å². The molecule has 2 nitrogen and oxygen atoms in total. The summed E-state index contributed by atoms with van der Waals surface area (Å²) in [6, 6.07) is 0.214. The Balaban J connectivity index is 2.25. The van der Waals surface area contributed by atoms with E-state index in [-0.39, 0.29) is 17.9 Å². The maximum absolute atomic E-state index is 11.2. The van der Waals surface area contributed by atoms with Crippen LogP contribution in [0.5, 0.6) is 0 Å². The van der Waals surface area contributed by atoms with Crippen molar-refractivity contribution in [2.75, 3.05) is 0 Å². The molecule has 2 heteroatoms. The zero-order valence-electron chi connectivity index (χ0n) is 7.66. The maximum Gasteiger partial charge on any atom is 0.230 e. The number of carbonyl (C=O) groups excluding carboxylic acids is 1. The van der Waals surface area contributed by atoms with E-state index in [2.05, 4.69) is 17.5 Å². The Morgan fingerprint density at radius 3 is 3.08 bits per heavy atom. The van der Waals surface area contributed by atoms with Crippen LogP contribution < -0.4 is 5.32 Å². The smallest absolute Gasteiger partial charge is 0.230 e. The Hall–Kier alpha value is -1.31. The Kier molecular flexibility index (Phi) is 2.05. The fraction of sp³-hybridized carbons (Fsp3) is 0.364. The number of rotatable bonds is 0. The van der Waals surface area contributed by atoms with E-state index in [0.717, 1.165) is 6.42 Å². The van der Waals surface area contributed by atoms with Gasteiger partial charge < -0.3 is 5.32 Å². The number of hydrogen-bond acceptors (Lipinski definition) is 1. The quantitative estimate of drug-likeness (QED) is 0.439. The van der Waals surface area contributed by atoms with E-state index in [1.165, 1.54) is 5.57 Å². The number of allylic oxidation sites excluding steroid dienone is 4. The van der Waals surface area contributed by atoms with Crippen LogP contribution >= 0.6 is 0 Å². The molecule has 0 radical (unpaired) electrons. The summed E-state index contributed by atoms with van der Waals surface area (Å²) in [5.41, 5.74) is 1.19. The summed E-state index contributed by atoms with van der Waals surface area (Å²) in [5.74, 6) is 0.237. The standard InChI is InChI=1S/C11H13NO/c1-8-6-4-2-3-5-7-9-10(8)11(13)12-9/h2-3,5-7,9-10H,4H2,1H3,(H,12,13)/b3-2-,7-5-,8-6-/t9-,10-/m0/s1. The number of carbonyl (C=O) groups is 1. The lowest BCUT2D eigenvalue weighted by molar-refractivity contribution is -0.131. The molecule has 1 saturated heterocycles. The molecule has 0 aromatic rings. The molecule has 13 heavy (non-hydrogen) atoms. The minimum Gasteiger partial charge on any atom is -0.348 e. The topological polar surface area (TPSA) is 29.1 Å². The van der Waals surface area contributed by atoms with Crippen LogP contribution in [0.1, 0.15) is 13.3 Å². The van der Waals surface area contributed by atoms with Gasteiger partial charge in [-0.15, -0.1) is 0 Å². The molecule has 2 rings (SSSR count). The molecule has 2 atom stereocenters. The maximum atomic E-state index is 11.2. The van der Waals surface area contributed by atoms with Crippen molar-refractivity contribution >= 4 is 5.91 Å². The summed E-state index contributed by atoms with van der Waals surface area (Å²) in [7, 11) is 0. The number of β-lactam (4-membered cyclic amide) rings is 1. The van der Waals surface area contributed by atoms with Gasteiger partial charge in [0.05, 0.1) is 12.0 Å². The van der Waals surface area contributed by atoms with Gasteiger partial charge in [-0.2, -0.15) is 0 Å².